The van der Waals surface area contributed by atoms with E-state index in [1.807, 2.05) is 18.8 Å². The molecule has 0 bridgehead atoms. The summed E-state index contributed by atoms with van der Waals surface area (Å²) in [6.45, 7) is 8.09. The molecule has 0 aliphatic heterocycles. The normalized spacial score (nSPS) is 16.4. The van der Waals surface area contributed by atoms with E-state index in [1.54, 1.807) is 0 Å². The van der Waals surface area contributed by atoms with Crippen LogP contribution in [0.5, 0.6) is 0 Å². The molecule has 1 aromatic rings. The predicted molar refractivity (Wildman–Crippen MR) is 119 cm³/mol. The van der Waals surface area contributed by atoms with E-state index in [0.717, 1.165) is 37.6 Å². The number of guanidine groups is 1. The van der Waals surface area contributed by atoms with E-state index in [-0.39, 0.29) is 24.0 Å². The van der Waals surface area contributed by atoms with Crippen LogP contribution in [0, 0.1) is 13.8 Å². The SMILES string of the molecule is CN=C(NCCCOC1CCCC1)NC(C)Cc1c(C)nn(C)c1C.I. The molecule has 1 saturated carbocycles. The van der Waals surface area contributed by atoms with Gasteiger partial charge in [-0.25, -0.2) is 0 Å². The van der Waals surface area contributed by atoms with Gasteiger partial charge in [0.15, 0.2) is 5.96 Å². The molecule has 1 aliphatic rings. The van der Waals surface area contributed by atoms with E-state index < -0.39 is 0 Å². The van der Waals surface area contributed by atoms with Crippen molar-refractivity contribution in [3.8, 4) is 0 Å². The Labute approximate surface area is 175 Å². The largest absolute Gasteiger partial charge is 0.378 e. The summed E-state index contributed by atoms with van der Waals surface area (Å²) in [4.78, 5) is 4.33. The highest BCUT2D eigenvalue weighted by atomic mass is 127. The van der Waals surface area contributed by atoms with E-state index in [4.69, 9.17) is 4.74 Å². The van der Waals surface area contributed by atoms with Gasteiger partial charge in [-0.2, -0.15) is 5.10 Å². The first kappa shape index (κ1) is 23.2. The first-order valence-corrected chi connectivity index (χ1v) is 9.59. The molecule has 0 spiro atoms. The smallest absolute Gasteiger partial charge is 0.191 e. The second-order valence-corrected chi connectivity index (χ2v) is 7.15. The third-order valence-electron chi connectivity index (χ3n) is 5.05. The van der Waals surface area contributed by atoms with Crippen LogP contribution in [0.1, 0.15) is 56.0 Å². The van der Waals surface area contributed by atoms with Gasteiger partial charge in [0.25, 0.3) is 0 Å². The lowest BCUT2D eigenvalue weighted by atomic mass is 10.1. The zero-order valence-electron chi connectivity index (χ0n) is 17.0. The minimum atomic E-state index is 0. The quantitative estimate of drug-likeness (QED) is 0.262. The molecule has 26 heavy (non-hydrogen) atoms. The number of rotatable bonds is 8. The Bertz CT molecular complexity index is 567. The van der Waals surface area contributed by atoms with Crippen molar-refractivity contribution in [1.29, 1.82) is 0 Å². The Kier molecular flexibility index (Phi) is 10.5. The van der Waals surface area contributed by atoms with Crippen LogP contribution >= 0.6 is 24.0 Å². The molecule has 0 amide bonds. The first-order chi connectivity index (χ1) is 12.0. The lowest BCUT2D eigenvalue weighted by Crippen LogP contribution is -2.43. The summed E-state index contributed by atoms with van der Waals surface area (Å²) in [7, 11) is 3.82. The molecule has 2 N–H and O–H groups in total. The van der Waals surface area contributed by atoms with Crippen LogP contribution in [0.4, 0.5) is 0 Å². The molecule has 0 aromatic carbocycles. The average molecular weight is 477 g/mol. The zero-order valence-corrected chi connectivity index (χ0v) is 19.3. The third kappa shape index (κ3) is 7.06. The molecule has 6 nitrogen and oxygen atoms in total. The van der Waals surface area contributed by atoms with Crippen LogP contribution in [0.15, 0.2) is 4.99 Å². The van der Waals surface area contributed by atoms with Crippen molar-refractivity contribution in [2.45, 2.75) is 71.4 Å². The number of ether oxygens (including phenoxy) is 1. The van der Waals surface area contributed by atoms with Gasteiger partial charge in [0.1, 0.15) is 0 Å². The maximum atomic E-state index is 5.90. The Morgan fingerprint density at radius 3 is 2.62 bits per heavy atom. The van der Waals surface area contributed by atoms with E-state index in [1.165, 1.54) is 36.9 Å². The van der Waals surface area contributed by atoms with Crippen LogP contribution in [-0.2, 0) is 18.2 Å². The lowest BCUT2D eigenvalue weighted by molar-refractivity contribution is 0.0574. The fourth-order valence-corrected chi connectivity index (χ4v) is 3.48. The molecule has 1 aromatic heterocycles. The molecule has 0 saturated heterocycles. The van der Waals surface area contributed by atoms with Gasteiger partial charge in [-0.3, -0.25) is 9.67 Å². The maximum Gasteiger partial charge on any atom is 0.191 e. The van der Waals surface area contributed by atoms with Crippen molar-refractivity contribution < 1.29 is 4.74 Å². The summed E-state index contributed by atoms with van der Waals surface area (Å²) in [6, 6.07) is 0.294. The summed E-state index contributed by atoms with van der Waals surface area (Å²) in [6.07, 6.45) is 7.58. The standard InChI is InChI=1S/C19H35N5O.HI/c1-14(13-18-15(2)23-24(5)16(18)3)22-19(20-4)21-11-8-12-25-17-9-6-7-10-17;/h14,17H,6-13H2,1-5H3,(H2,20,21,22);1H. The molecule has 1 aliphatic carbocycles. The Hall–Kier alpha value is -0.830. The van der Waals surface area contributed by atoms with Crippen molar-refractivity contribution in [1.82, 2.24) is 20.4 Å². The summed E-state index contributed by atoms with van der Waals surface area (Å²) in [5, 5.41) is 11.4. The number of halogens is 1. The summed E-state index contributed by atoms with van der Waals surface area (Å²) < 4.78 is 7.85. The number of hydrogen-bond donors (Lipinski definition) is 2. The molecule has 1 fully saturated rings. The van der Waals surface area contributed by atoms with Gasteiger partial charge < -0.3 is 15.4 Å². The minimum Gasteiger partial charge on any atom is -0.378 e. The monoisotopic (exact) mass is 477 g/mol. The number of nitrogens with one attached hydrogen (secondary N) is 2. The first-order valence-electron chi connectivity index (χ1n) is 9.59. The maximum absolute atomic E-state index is 5.90. The number of hydrogen-bond acceptors (Lipinski definition) is 3. The van der Waals surface area contributed by atoms with Gasteiger partial charge in [-0.05, 0) is 52.0 Å². The van der Waals surface area contributed by atoms with Crippen molar-refractivity contribution in [2.24, 2.45) is 12.0 Å². The number of aryl methyl sites for hydroxylation is 2. The van der Waals surface area contributed by atoms with Crippen LogP contribution in [0.25, 0.3) is 0 Å². The highest BCUT2D eigenvalue weighted by Crippen LogP contribution is 2.20. The Morgan fingerprint density at radius 1 is 1.35 bits per heavy atom. The molecule has 1 atom stereocenters. The van der Waals surface area contributed by atoms with Crippen molar-refractivity contribution in [2.75, 3.05) is 20.2 Å². The van der Waals surface area contributed by atoms with Gasteiger partial charge in [0, 0.05) is 39.0 Å². The molecule has 150 valence electrons. The second-order valence-electron chi connectivity index (χ2n) is 7.15. The molecule has 0 radical (unpaired) electrons. The van der Waals surface area contributed by atoms with Gasteiger partial charge in [0.05, 0.1) is 11.8 Å². The third-order valence-corrected chi connectivity index (χ3v) is 5.05. The van der Waals surface area contributed by atoms with E-state index in [2.05, 4.69) is 41.5 Å². The predicted octanol–water partition coefficient (Wildman–Crippen LogP) is 3.10. The van der Waals surface area contributed by atoms with E-state index in [9.17, 15) is 0 Å². The van der Waals surface area contributed by atoms with Gasteiger partial charge in [-0.1, -0.05) is 12.8 Å². The Morgan fingerprint density at radius 2 is 2.04 bits per heavy atom. The van der Waals surface area contributed by atoms with Crippen molar-refractivity contribution in [3.63, 3.8) is 0 Å². The van der Waals surface area contributed by atoms with Crippen molar-refractivity contribution >= 4 is 29.9 Å². The Balaban J connectivity index is 0.00000338. The number of nitrogens with zero attached hydrogens (tertiary/aromatic N) is 3. The highest BCUT2D eigenvalue weighted by molar-refractivity contribution is 14.0. The summed E-state index contributed by atoms with van der Waals surface area (Å²) >= 11 is 0. The number of aromatic nitrogens is 2. The van der Waals surface area contributed by atoms with Gasteiger partial charge in [-0.15, -0.1) is 24.0 Å². The van der Waals surface area contributed by atoms with Crippen molar-refractivity contribution in [3.05, 3.63) is 17.0 Å². The lowest BCUT2D eigenvalue weighted by Gasteiger charge is -2.18. The number of aliphatic imine (C=N–C) groups is 1. The molecule has 1 heterocycles. The van der Waals surface area contributed by atoms with Crippen LogP contribution in [0.3, 0.4) is 0 Å². The molecular weight excluding hydrogens is 441 g/mol. The van der Waals surface area contributed by atoms with Gasteiger partial charge >= 0.3 is 0 Å². The fraction of sp³-hybridized carbons (Fsp3) is 0.789. The topological polar surface area (TPSA) is 63.5 Å². The molecular formula is C19H36IN5O. The second kappa shape index (κ2) is 11.8. The molecule has 2 rings (SSSR count). The van der Waals surface area contributed by atoms with E-state index in [0.29, 0.717) is 12.1 Å². The van der Waals surface area contributed by atoms with Crippen LogP contribution in [-0.4, -0.2) is 48.1 Å². The minimum absolute atomic E-state index is 0. The van der Waals surface area contributed by atoms with E-state index >= 15 is 0 Å². The molecule has 1 unspecified atom stereocenters. The highest BCUT2D eigenvalue weighted by Gasteiger charge is 2.15. The molecule has 7 heteroatoms. The van der Waals surface area contributed by atoms with Crippen LogP contribution in [0.2, 0.25) is 0 Å². The summed E-state index contributed by atoms with van der Waals surface area (Å²) in [5.41, 5.74) is 3.67. The van der Waals surface area contributed by atoms with Gasteiger partial charge in [0.2, 0.25) is 0 Å². The average Bonchev–Trinajstić information content (AvgIpc) is 3.18. The summed E-state index contributed by atoms with van der Waals surface area (Å²) in [5.74, 6) is 0.854. The zero-order chi connectivity index (χ0) is 18.2. The van der Waals surface area contributed by atoms with Crippen LogP contribution < -0.4 is 10.6 Å². The fourth-order valence-electron chi connectivity index (χ4n) is 3.48.